The van der Waals surface area contributed by atoms with Crippen LogP contribution >= 0.6 is 11.6 Å². The highest BCUT2D eigenvalue weighted by Crippen LogP contribution is 2.16. The number of hydrogen-bond donors (Lipinski definition) is 2. The van der Waals surface area contributed by atoms with Crippen LogP contribution in [0.25, 0.3) is 0 Å². The van der Waals surface area contributed by atoms with Crippen molar-refractivity contribution in [3.8, 4) is 0 Å². The maximum absolute atomic E-state index is 12.1. The molecule has 0 radical (unpaired) electrons. The van der Waals surface area contributed by atoms with Crippen molar-refractivity contribution in [2.24, 2.45) is 0 Å². The lowest BCUT2D eigenvalue weighted by Crippen LogP contribution is -2.29. The van der Waals surface area contributed by atoms with Crippen molar-refractivity contribution in [3.63, 3.8) is 0 Å². The van der Waals surface area contributed by atoms with Gasteiger partial charge in [0.05, 0.1) is 4.90 Å². The summed E-state index contributed by atoms with van der Waals surface area (Å²) in [6.07, 6.45) is 0.0640. The zero-order valence-electron chi connectivity index (χ0n) is 12.7. The third-order valence-electron chi connectivity index (χ3n) is 3.10. The van der Waals surface area contributed by atoms with Crippen molar-refractivity contribution in [3.05, 3.63) is 59.1 Å². The molecule has 6 nitrogen and oxygen atoms in total. The summed E-state index contributed by atoms with van der Waals surface area (Å²) in [6, 6.07) is 11.9. The van der Waals surface area contributed by atoms with Crippen LogP contribution in [0.3, 0.4) is 0 Å². The highest BCUT2D eigenvalue weighted by molar-refractivity contribution is 7.90. The fraction of sp³-hybridized carbons (Fsp3) is 0.125. The number of rotatable bonds is 5. The Morgan fingerprint density at radius 1 is 1.00 bits per heavy atom. The molecule has 126 valence electrons. The largest absolute Gasteiger partial charge is 0.322 e. The van der Waals surface area contributed by atoms with Crippen LogP contribution in [-0.4, -0.2) is 20.2 Å². The highest BCUT2D eigenvalue weighted by Gasteiger charge is 2.16. The van der Waals surface area contributed by atoms with Crippen molar-refractivity contribution in [2.75, 3.05) is 5.32 Å². The molecule has 0 spiro atoms. The first kappa shape index (κ1) is 18.0. The number of halogens is 1. The van der Waals surface area contributed by atoms with Crippen LogP contribution in [0.4, 0.5) is 5.69 Å². The Hall–Kier alpha value is -2.38. The van der Waals surface area contributed by atoms with Gasteiger partial charge in [-0.25, -0.2) is 13.1 Å². The number of anilines is 1. The maximum atomic E-state index is 12.1. The Morgan fingerprint density at radius 2 is 1.58 bits per heavy atom. The van der Waals surface area contributed by atoms with E-state index in [2.05, 4.69) is 5.32 Å². The van der Waals surface area contributed by atoms with E-state index in [0.717, 1.165) is 0 Å². The molecule has 2 N–H and O–H groups in total. The summed E-state index contributed by atoms with van der Waals surface area (Å²) in [4.78, 5) is 23.2. The molecule has 0 aromatic heterocycles. The third kappa shape index (κ3) is 4.56. The van der Waals surface area contributed by atoms with Gasteiger partial charge in [0, 0.05) is 22.7 Å². The third-order valence-corrected chi connectivity index (χ3v) is 4.74. The van der Waals surface area contributed by atoms with Gasteiger partial charge in [0.2, 0.25) is 5.91 Å². The summed E-state index contributed by atoms with van der Waals surface area (Å²) >= 11 is 5.76. The summed E-state index contributed by atoms with van der Waals surface area (Å²) in [5, 5.41) is 3.17. The number of carbonyl (C=O) groups excluding carboxylic acids is 2. The lowest BCUT2D eigenvalue weighted by atomic mass is 10.2. The zero-order valence-corrected chi connectivity index (χ0v) is 14.3. The molecule has 0 saturated heterocycles. The smallest absolute Gasteiger partial charge is 0.264 e. The predicted octanol–water partition coefficient (Wildman–Crippen LogP) is 2.81. The molecule has 0 fully saturated rings. The maximum Gasteiger partial charge on any atom is 0.264 e. The van der Waals surface area contributed by atoms with Gasteiger partial charge in [-0.1, -0.05) is 18.5 Å². The number of hydrogen-bond acceptors (Lipinski definition) is 4. The van der Waals surface area contributed by atoms with E-state index in [0.29, 0.717) is 16.3 Å². The van der Waals surface area contributed by atoms with Crippen molar-refractivity contribution in [1.29, 1.82) is 0 Å². The molecule has 2 aromatic carbocycles. The molecular formula is C16H15ClN2O4S. The van der Waals surface area contributed by atoms with Gasteiger partial charge in [0.15, 0.2) is 0 Å². The molecule has 0 saturated carbocycles. The second-order valence-electron chi connectivity index (χ2n) is 4.87. The molecule has 8 heteroatoms. The van der Waals surface area contributed by atoms with Crippen LogP contribution in [0.2, 0.25) is 5.02 Å². The van der Waals surface area contributed by atoms with Crippen molar-refractivity contribution >= 4 is 39.1 Å². The average Bonchev–Trinajstić information content (AvgIpc) is 2.55. The standard InChI is InChI=1S/C16H15ClN2O4S/c1-2-15(20)19-24(22,23)14-9-7-13(8-10-14)18-16(21)11-3-5-12(17)6-4-11/h3-10H,2H2,1H3,(H,18,21)(H,19,20). The van der Waals surface area contributed by atoms with Crippen molar-refractivity contribution in [1.82, 2.24) is 4.72 Å². The first-order valence-corrected chi connectivity index (χ1v) is 8.90. The molecule has 0 atom stereocenters. The van der Waals surface area contributed by atoms with Gasteiger partial charge in [0.25, 0.3) is 15.9 Å². The Labute approximate surface area is 144 Å². The zero-order chi connectivity index (χ0) is 17.7. The molecule has 0 bridgehead atoms. The molecule has 0 heterocycles. The summed E-state index contributed by atoms with van der Waals surface area (Å²) in [7, 11) is -3.90. The fourth-order valence-corrected chi connectivity index (χ4v) is 2.99. The lowest BCUT2D eigenvalue weighted by molar-refractivity contribution is -0.119. The van der Waals surface area contributed by atoms with Gasteiger partial charge in [-0.3, -0.25) is 9.59 Å². The summed E-state index contributed by atoms with van der Waals surface area (Å²) in [6.45, 7) is 1.56. The molecule has 0 unspecified atom stereocenters. The summed E-state index contributed by atoms with van der Waals surface area (Å²) < 4.78 is 25.9. The van der Waals surface area contributed by atoms with Gasteiger partial charge in [-0.05, 0) is 48.5 Å². The second-order valence-corrected chi connectivity index (χ2v) is 6.99. The van der Waals surface area contributed by atoms with E-state index >= 15 is 0 Å². The topological polar surface area (TPSA) is 92.3 Å². The minimum Gasteiger partial charge on any atom is -0.322 e. The Bertz CT molecular complexity index is 847. The van der Waals surface area contributed by atoms with Crippen LogP contribution in [0, 0.1) is 0 Å². The molecule has 2 amide bonds. The molecule has 2 aromatic rings. The Kier molecular flexibility index (Phi) is 5.58. The number of carbonyl (C=O) groups is 2. The van der Waals surface area contributed by atoms with Crippen molar-refractivity contribution < 1.29 is 18.0 Å². The lowest BCUT2D eigenvalue weighted by Gasteiger charge is -2.08. The predicted molar refractivity (Wildman–Crippen MR) is 91.5 cm³/mol. The summed E-state index contributed by atoms with van der Waals surface area (Å²) in [5.74, 6) is -0.934. The quantitative estimate of drug-likeness (QED) is 0.851. The van der Waals surface area contributed by atoms with Crippen LogP contribution in [0.1, 0.15) is 23.7 Å². The second kappa shape index (κ2) is 7.46. The van der Waals surface area contributed by atoms with Gasteiger partial charge in [0.1, 0.15) is 0 Å². The van der Waals surface area contributed by atoms with Crippen LogP contribution in [-0.2, 0) is 14.8 Å². The molecule has 0 aliphatic rings. The monoisotopic (exact) mass is 366 g/mol. The van der Waals surface area contributed by atoms with Crippen molar-refractivity contribution in [2.45, 2.75) is 18.2 Å². The Morgan fingerprint density at radius 3 is 2.12 bits per heavy atom. The number of nitrogens with one attached hydrogen (secondary N) is 2. The average molecular weight is 367 g/mol. The first-order chi connectivity index (χ1) is 11.3. The van der Waals surface area contributed by atoms with Gasteiger partial charge >= 0.3 is 0 Å². The molecular weight excluding hydrogens is 352 g/mol. The SMILES string of the molecule is CCC(=O)NS(=O)(=O)c1ccc(NC(=O)c2ccc(Cl)cc2)cc1. The van der Waals surface area contributed by atoms with E-state index in [1.54, 1.807) is 31.2 Å². The van der Waals surface area contributed by atoms with E-state index < -0.39 is 15.9 Å². The minimum absolute atomic E-state index is 0.0613. The highest BCUT2D eigenvalue weighted by atomic mass is 35.5. The van der Waals surface area contributed by atoms with Crippen LogP contribution in [0.5, 0.6) is 0 Å². The number of sulfonamides is 1. The van der Waals surface area contributed by atoms with E-state index in [-0.39, 0.29) is 17.2 Å². The van der Waals surface area contributed by atoms with E-state index in [1.807, 2.05) is 4.72 Å². The fourth-order valence-electron chi connectivity index (χ4n) is 1.80. The Balaban J connectivity index is 2.10. The normalized spacial score (nSPS) is 10.9. The number of amides is 2. The molecule has 0 aliphatic heterocycles. The molecule has 0 aliphatic carbocycles. The minimum atomic E-state index is -3.90. The van der Waals surface area contributed by atoms with E-state index in [4.69, 9.17) is 11.6 Å². The number of benzene rings is 2. The van der Waals surface area contributed by atoms with Crippen LogP contribution < -0.4 is 10.0 Å². The molecule has 2 rings (SSSR count). The van der Waals surface area contributed by atoms with Crippen LogP contribution in [0.15, 0.2) is 53.4 Å². The van der Waals surface area contributed by atoms with Gasteiger partial charge in [-0.2, -0.15) is 0 Å². The first-order valence-electron chi connectivity index (χ1n) is 7.04. The van der Waals surface area contributed by atoms with Gasteiger partial charge < -0.3 is 5.32 Å². The van der Waals surface area contributed by atoms with E-state index in [9.17, 15) is 18.0 Å². The van der Waals surface area contributed by atoms with E-state index in [1.165, 1.54) is 24.3 Å². The van der Waals surface area contributed by atoms with Gasteiger partial charge in [-0.15, -0.1) is 0 Å². The summed E-state index contributed by atoms with van der Waals surface area (Å²) in [5.41, 5.74) is 0.849. The molecule has 24 heavy (non-hydrogen) atoms.